The number of hydrogen-bond acceptors (Lipinski definition) is 4. The molecule has 180 valence electrons. The van der Waals surface area contributed by atoms with Crippen LogP contribution in [0.5, 0.6) is 5.75 Å². The fourth-order valence-electron chi connectivity index (χ4n) is 4.33. The molecule has 7 heteroatoms. The van der Waals surface area contributed by atoms with Crippen molar-refractivity contribution in [1.82, 2.24) is 19.6 Å². The summed E-state index contributed by atoms with van der Waals surface area (Å²) in [4.78, 5) is 30.6. The lowest BCUT2D eigenvalue weighted by Gasteiger charge is -2.34. The first-order valence-electron chi connectivity index (χ1n) is 12.2. The van der Waals surface area contributed by atoms with E-state index in [1.807, 2.05) is 61.0 Å². The van der Waals surface area contributed by atoms with Crippen LogP contribution < -0.4 is 4.74 Å². The summed E-state index contributed by atoms with van der Waals surface area (Å²) < 4.78 is 7.98. The Morgan fingerprint density at radius 2 is 1.85 bits per heavy atom. The van der Waals surface area contributed by atoms with E-state index in [2.05, 4.69) is 18.9 Å². The summed E-state index contributed by atoms with van der Waals surface area (Å²) in [7, 11) is 1.85. The molecule has 1 aliphatic heterocycles. The van der Waals surface area contributed by atoms with Crippen molar-refractivity contribution in [3.63, 3.8) is 0 Å². The van der Waals surface area contributed by atoms with Crippen LogP contribution in [0.2, 0.25) is 0 Å². The summed E-state index contributed by atoms with van der Waals surface area (Å²) in [5, 5.41) is 4.43. The maximum absolute atomic E-state index is 13.5. The lowest BCUT2D eigenvalue weighted by Crippen LogP contribution is -2.47. The highest BCUT2D eigenvalue weighted by Crippen LogP contribution is 2.24. The van der Waals surface area contributed by atoms with Gasteiger partial charge in [-0.15, -0.1) is 0 Å². The van der Waals surface area contributed by atoms with Crippen LogP contribution in [0.3, 0.4) is 0 Å². The average molecular weight is 455 g/mol. The quantitative estimate of drug-likeness (QED) is 0.693. The molecule has 0 saturated carbocycles. The van der Waals surface area contributed by atoms with Crippen LogP contribution in [0.1, 0.15) is 73.0 Å². The number of nitrogens with zero attached hydrogens (tertiary/aromatic N) is 4. The molecular formula is C26H38N4O3. The minimum Gasteiger partial charge on any atom is -0.491 e. The second-order valence-corrected chi connectivity index (χ2v) is 9.21. The molecule has 0 aliphatic carbocycles. The number of ether oxygens (including phenoxy) is 1. The summed E-state index contributed by atoms with van der Waals surface area (Å²) >= 11 is 0. The Morgan fingerprint density at radius 3 is 2.48 bits per heavy atom. The summed E-state index contributed by atoms with van der Waals surface area (Å²) in [6.07, 6.45) is 3.90. The van der Waals surface area contributed by atoms with Crippen molar-refractivity contribution < 1.29 is 14.3 Å². The van der Waals surface area contributed by atoms with Crippen LogP contribution in [-0.4, -0.2) is 63.7 Å². The van der Waals surface area contributed by atoms with Crippen LogP contribution in [-0.2, 0) is 7.05 Å². The topological polar surface area (TPSA) is 67.7 Å². The Hall–Kier alpha value is -2.83. The molecule has 0 saturated heterocycles. The van der Waals surface area contributed by atoms with Crippen molar-refractivity contribution >= 4 is 11.8 Å². The number of benzene rings is 1. The number of carbonyl (C=O) groups is 2. The zero-order chi connectivity index (χ0) is 24.0. The molecule has 7 nitrogen and oxygen atoms in total. The molecule has 0 unspecified atom stereocenters. The molecule has 3 rings (SSSR count). The van der Waals surface area contributed by atoms with E-state index in [9.17, 15) is 9.59 Å². The fraction of sp³-hybridized carbons (Fsp3) is 0.577. The molecule has 33 heavy (non-hydrogen) atoms. The van der Waals surface area contributed by atoms with E-state index >= 15 is 0 Å². The van der Waals surface area contributed by atoms with Crippen LogP contribution in [0.25, 0.3) is 0 Å². The largest absolute Gasteiger partial charge is 0.491 e. The number of aryl methyl sites for hydroxylation is 2. The van der Waals surface area contributed by atoms with E-state index in [0.29, 0.717) is 36.7 Å². The summed E-state index contributed by atoms with van der Waals surface area (Å²) in [5.74, 6) is 0.698. The molecule has 2 amide bonds. The number of amides is 2. The fourth-order valence-corrected chi connectivity index (χ4v) is 4.33. The van der Waals surface area contributed by atoms with Gasteiger partial charge in [0.2, 0.25) is 0 Å². The molecule has 1 atom stereocenters. The second kappa shape index (κ2) is 11.3. The van der Waals surface area contributed by atoms with Crippen molar-refractivity contribution in [2.45, 2.75) is 59.4 Å². The molecule has 0 bridgehead atoms. The van der Waals surface area contributed by atoms with Crippen molar-refractivity contribution in [2.75, 3.05) is 26.2 Å². The zero-order valence-electron chi connectivity index (χ0n) is 20.7. The number of fused-ring (bicyclic) bond motifs is 1. The van der Waals surface area contributed by atoms with Crippen molar-refractivity contribution in [3.05, 3.63) is 47.3 Å². The van der Waals surface area contributed by atoms with Crippen molar-refractivity contribution in [2.24, 2.45) is 13.0 Å². The van der Waals surface area contributed by atoms with Gasteiger partial charge < -0.3 is 14.5 Å². The Morgan fingerprint density at radius 1 is 1.15 bits per heavy atom. The maximum Gasteiger partial charge on any atom is 0.274 e. The molecule has 1 aromatic heterocycles. The van der Waals surface area contributed by atoms with Gasteiger partial charge in [0.05, 0.1) is 11.6 Å². The van der Waals surface area contributed by atoms with E-state index in [1.165, 1.54) is 0 Å². The van der Waals surface area contributed by atoms with E-state index in [4.69, 9.17) is 4.74 Å². The number of rotatable bonds is 3. The average Bonchev–Trinajstić information content (AvgIpc) is 3.14. The minimum absolute atomic E-state index is 0.00292. The Balaban J connectivity index is 1.93. The first-order chi connectivity index (χ1) is 15.8. The highest BCUT2D eigenvalue weighted by molar-refractivity contribution is 5.97. The number of para-hydroxylation sites is 1. The first-order valence-corrected chi connectivity index (χ1v) is 12.2. The van der Waals surface area contributed by atoms with Gasteiger partial charge in [0.15, 0.2) is 5.69 Å². The maximum atomic E-state index is 13.5. The Labute approximate surface area is 197 Å². The van der Waals surface area contributed by atoms with Gasteiger partial charge in [-0.3, -0.25) is 14.3 Å². The smallest absolute Gasteiger partial charge is 0.274 e. The third kappa shape index (κ3) is 5.95. The zero-order valence-corrected chi connectivity index (χ0v) is 20.7. The van der Waals surface area contributed by atoms with Crippen molar-refractivity contribution in [3.8, 4) is 5.75 Å². The van der Waals surface area contributed by atoms with Gasteiger partial charge in [-0.25, -0.2) is 0 Å². The van der Waals surface area contributed by atoms with E-state index < -0.39 is 0 Å². The second-order valence-electron chi connectivity index (χ2n) is 9.21. The molecule has 1 aliphatic rings. The molecule has 2 heterocycles. The molecule has 1 aromatic carbocycles. The number of aromatic nitrogens is 2. The lowest BCUT2D eigenvalue weighted by atomic mass is 10.0. The van der Waals surface area contributed by atoms with Gasteiger partial charge in [0, 0.05) is 32.4 Å². The van der Waals surface area contributed by atoms with Crippen LogP contribution in [0, 0.1) is 12.8 Å². The highest BCUT2D eigenvalue weighted by atomic mass is 16.5. The Kier molecular flexibility index (Phi) is 8.53. The number of carbonyl (C=O) groups excluding carboxylic acids is 2. The Bertz CT molecular complexity index is 933. The molecule has 0 N–H and O–H groups in total. The monoisotopic (exact) mass is 454 g/mol. The van der Waals surface area contributed by atoms with Crippen molar-refractivity contribution in [1.29, 1.82) is 0 Å². The molecule has 2 aromatic rings. The summed E-state index contributed by atoms with van der Waals surface area (Å²) in [5.41, 5.74) is 2.00. The van der Waals surface area contributed by atoms with Gasteiger partial charge in [0.1, 0.15) is 12.4 Å². The lowest BCUT2D eigenvalue weighted by molar-refractivity contribution is 0.0515. The standard InChI is InChI=1S/C26H38N4O3/c1-6-29-15-11-7-8-12-16-30(26(32)22-17-20(4)28(5)27-22)23(19(2)3)18-33-24-14-10-9-13-21(24)25(29)31/h9-10,13-14,17,19,23H,6-8,11-12,15-16,18H2,1-5H3/t23-/m1/s1. The third-order valence-corrected chi connectivity index (χ3v) is 6.54. The van der Waals surface area contributed by atoms with Gasteiger partial charge in [-0.1, -0.05) is 38.8 Å². The van der Waals surface area contributed by atoms with Gasteiger partial charge in [-0.05, 0) is 50.8 Å². The normalized spacial score (nSPS) is 18.6. The van der Waals surface area contributed by atoms with Crippen LogP contribution in [0.15, 0.2) is 30.3 Å². The predicted molar refractivity (Wildman–Crippen MR) is 130 cm³/mol. The van der Waals surface area contributed by atoms with E-state index in [0.717, 1.165) is 37.9 Å². The molecule has 0 spiro atoms. The van der Waals surface area contributed by atoms with Crippen LogP contribution in [0.4, 0.5) is 0 Å². The molecule has 0 fully saturated rings. The third-order valence-electron chi connectivity index (χ3n) is 6.54. The molecule has 0 radical (unpaired) electrons. The van der Waals surface area contributed by atoms with Gasteiger partial charge in [-0.2, -0.15) is 5.10 Å². The van der Waals surface area contributed by atoms with Gasteiger partial charge >= 0.3 is 0 Å². The first kappa shape index (κ1) is 24.8. The van der Waals surface area contributed by atoms with Crippen LogP contribution >= 0.6 is 0 Å². The highest BCUT2D eigenvalue weighted by Gasteiger charge is 2.30. The van der Waals surface area contributed by atoms with E-state index in [-0.39, 0.29) is 23.8 Å². The summed E-state index contributed by atoms with van der Waals surface area (Å²) in [6.45, 7) is 10.6. The summed E-state index contributed by atoms with van der Waals surface area (Å²) in [6, 6.07) is 9.15. The predicted octanol–water partition coefficient (Wildman–Crippen LogP) is 4.31. The SMILES string of the molecule is CCN1CCCCCCN(C(=O)c2cc(C)n(C)n2)[C@@H](C(C)C)COc2ccccc2C1=O. The number of hydrogen-bond donors (Lipinski definition) is 0. The molecular weight excluding hydrogens is 416 g/mol. The van der Waals surface area contributed by atoms with E-state index in [1.54, 1.807) is 4.68 Å². The minimum atomic E-state index is -0.131. The van der Waals surface area contributed by atoms with Gasteiger partial charge in [0.25, 0.3) is 11.8 Å².